The Hall–Kier alpha value is -0.970. The first-order chi connectivity index (χ1) is 10.0. The molecule has 5 nitrogen and oxygen atoms in total. The predicted octanol–water partition coefficient (Wildman–Crippen LogP) is 0.344. The van der Waals surface area contributed by atoms with E-state index in [1.807, 2.05) is 0 Å². The highest BCUT2D eigenvalue weighted by atomic mass is 16.6. The van der Waals surface area contributed by atoms with Crippen molar-refractivity contribution in [1.82, 2.24) is 5.32 Å². The van der Waals surface area contributed by atoms with Crippen molar-refractivity contribution in [3.05, 3.63) is 0 Å². The van der Waals surface area contributed by atoms with Crippen LogP contribution in [0, 0.1) is 5.92 Å². The molecule has 4 atom stereocenters. The number of piperidine rings is 1. The van der Waals surface area contributed by atoms with E-state index in [-0.39, 0.29) is 18.5 Å². The zero-order chi connectivity index (χ0) is 15.1. The van der Waals surface area contributed by atoms with Gasteiger partial charge >= 0.3 is 11.9 Å². The van der Waals surface area contributed by atoms with Crippen molar-refractivity contribution in [3.8, 4) is 0 Å². The number of esters is 2. The summed E-state index contributed by atoms with van der Waals surface area (Å²) in [6.45, 7) is 1.66. The summed E-state index contributed by atoms with van der Waals surface area (Å²) in [5.41, 5.74) is 0. The van der Waals surface area contributed by atoms with Gasteiger partial charge in [0.25, 0.3) is 0 Å². The SMILES string of the molecule is [B]C12[B]C13CCCCC3CC(C(=O)OCC(=O)OCC)N2. The van der Waals surface area contributed by atoms with Crippen molar-refractivity contribution < 1.29 is 19.1 Å². The molecule has 0 aromatic rings. The van der Waals surface area contributed by atoms with Gasteiger partial charge in [-0.3, -0.25) is 4.79 Å². The summed E-state index contributed by atoms with van der Waals surface area (Å²) in [5, 5.41) is 2.74. The lowest BCUT2D eigenvalue weighted by atomic mass is 9.63. The molecule has 3 fully saturated rings. The smallest absolute Gasteiger partial charge is 0.344 e. The van der Waals surface area contributed by atoms with Gasteiger partial charge in [0.15, 0.2) is 6.61 Å². The molecule has 3 radical (unpaired) electrons. The summed E-state index contributed by atoms with van der Waals surface area (Å²) in [6, 6.07) is -0.431. The van der Waals surface area contributed by atoms with Gasteiger partial charge in [-0.25, -0.2) is 4.79 Å². The largest absolute Gasteiger partial charge is 0.463 e. The third-order valence-corrected chi connectivity index (χ3v) is 5.15. The van der Waals surface area contributed by atoms with Crippen LogP contribution in [0.1, 0.15) is 39.0 Å². The Balaban J connectivity index is 1.58. The van der Waals surface area contributed by atoms with Gasteiger partial charge in [-0.15, -0.1) is 0 Å². The normalized spacial score (nSPS) is 40.2. The molecule has 1 N–H and O–H groups in total. The summed E-state index contributed by atoms with van der Waals surface area (Å²) < 4.78 is 9.79. The minimum absolute atomic E-state index is 0.0726. The van der Waals surface area contributed by atoms with Crippen LogP contribution in [-0.4, -0.2) is 51.7 Å². The van der Waals surface area contributed by atoms with Gasteiger partial charge in [-0.1, -0.05) is 31.0 Å². The maximum Gasteiger partial charge on any atom is 0.344 e. The molecule has 2 aliphatic heterocycles. The first-order valence-electron chi connectivity index (χ1n) is 7.76. The Morgan fingerprint density at radius 2 is 2.19 bits per heavy atom. The standard InChI is InChI=1S/C14H20B2NO4/c1-2-20-11(18)8-21-12(19)10-7-9-5-3-4-6-13(9)14(15,16-13)17-10/h9-10,17H,2-8H2,1H3. The first-order valence-corrected chi connectivity index (χ1v) is 7.76. The van der Waals surface area contributed by atoms with Crippen LogP contribution in [0.3, 0.4) is 0 Å². The number of hydrogen-bond acceptors (Lipinski definition) is 5. The summed E-state index contributed by atoms with van der Waals surface area (Å²) in [4.78, 5) is 23.4. The lowest BCUT2D eigenvalue weighted by molar-refractivity contribution is -0.160. The Morgan fingerprint density at radius 1 is 1.38 bits per heavy atom. The molecule has 0 aromatic carbocycles. The van der Waals surface area contributed by atoms with Crippen LogP contribution in [0.15, 0.2) is 0 Å². The van der Waals surface area contributed by atoms with Crippen LogP contribution in [-0.2, 0) is 19.1 Å². The second-order valence-electron chi connectivity index (χ2n) is 6.34. The minimum Gasteiger partial charge on any atom is -0.463 e. The summed E-state index contributed by atoms with van der Waals surface area (Å²) >= 11 is 0. The van der Waals surface area contributed by atoms with Crippen molar-refractivity contribution in [2.45, 2.75) is 55.7 Å². The predicted molar refractivity (Wildman–Crippen MR) is 78.0 cm³/mol. The van der Waals surface area contributed by atoms with Crippen LogP contribution in [0.4, 0.5) is 0 Å². The molecule has 4 unspecified atom stereocenters. The summed E-state index contributed by atoms with van der Waals surface area (Å²) in [6.07, 6.45) is 5.34. The van der Waals surface area contributed by atoms with E-state index in [2.05, 4.69) is 12.6 Å². The molecule has 3 rings (SSSR count). The molecule has 21 heavy (non-hydrogen) atoms. The highest BCUT2D eigenvalue weighted by molar-refractivity contribution is 6.72. The molecule has 1 saturated carbocycles. The van der Waals surface area contributed by atoms with Gasteiger partial charge in [0.1, 0.15) is 13.3 Å². The van der Waals surface area contributed by atoms with Crippen molar-refractivity contribution >= 4 is 27.1 Å². The molecule has 7 heteroatoms. The van der Waals surface area contributed by atoms with Crippen molar-refractivity contribution in [2.24, 2.45) is 5.92 Å². The Bertz CT molecular complexity index is 460. The van der Waals surface area contributed by atoms with Gasteiger partial charge in [0, 0.05) is 0 Å². The fourth-order valence-corrected chi connectivity index (χ4v) is 4.10. The molecule has 0 bridgehead atoms. The van der Waals surface area contributed by atoms with Gasteiger partial charge in [-0.05, 0) is 24.6 Å². The van der Waals surface area contributed by atoms with Crippen LogP contribution >= 0.6 is 0 Å². The average Bonchev–Trinajstić information content (AvgIpc) is 3.07. The maximum absolute atomic E-state index is 12.1. The monoisotopic (exact) mass is 288 g/mol. The molecule has 0 aromatic heterocycles. The molecule has 3 aliphatic rings. The highest BCUT2D eigenvalue weighted by Crippen LogP contribution is 2.68. The van der Waals surface area contributed by atoms with Crippen molar-refractivity contribution in [2.75, 3.05) is 13.2 Å². The lowest BCUT2D eigenvalue weighted by Crippen LogP contribution is -2.54. The first kappa shape index (κ1) is 14.9. The minimum atomic E-state index is -0.538. The molecule has 111 valence electrons. The Labute approximate surface area is 127 Å². The molecule has 2 saturated heterocycles. The van der Waals surface area contributed by atoms with E-state index in [1.54, 1.807) is 6.92 Å². The van der Waals surface area contributed by atoms with E-state index in [4.69, 9.17) is 17.3 Å². The summed E-state index contributed by atoms with van der Waals surface area (Å²) in [7, 11) is 8.52. The van der Waals surface area contributed by atoms with Crippen LogP contribution in [0.25, 0.3) is 0 Å². The molecular weight excluding hydrogens is 268 g/mol. The Kier molecular flexibility index (Phi) is 3.80. The zero-order valence-corrected chi connectivity index (χ0v) is 12.4. The van der Waals surface area contributed by atoms with E-state index in [0.29, 0.717) is 5.92 Å². The number of ether oxygens (including phenoxy) is 2. The fourth-order valence-electron chi connectivity index (χ4n) is 4.10. The topological polar surface area (TPSA) is 64.6 Å². The zero-order valence-electron chi connectivity index (χ0n) is 12.4. The second kappa shape index (κ2) is 5.34. The quantitative estimate of drug-likeness (QED) is 0.597. The van der Waals surface area contributed by atoms with E-state index in [1.165, 1.54) is 12.8 Å². The van der Waals surface area contributed by atoms with Gasteiger partial charge in [0.05, 0.1) is 14.5 Å². The second-order valence-corrected chi connectivity index (χ2v) is 6.34. The van der Waals surface area contributed by atoms with Crippen LogP contribution in [0.5, 0.6) is 0 Å². The summed E-state index contributed by atoms with van der Waals surface area (Å²) in [5.74, 6) is -0.487. The van der Waals surface area contributed by atoms with E-state index >= 15 is 0 Å². The number of rotatable bonds is 4. The number of hydrogen-bond donors (Lipinski definition) is 1. The number of carbonyl (C=O) groups is 2. The average molecular weight is 288 g/mol. The van der Waals surface area contributed by atoms with Crippen LogP contribution in [0.2, 0.25) is 5.31 Å². The molecule has 2 heterocycles. The molecule has 1 spiro atoms. The van der Waals surface area contributed by atoms with E-state index < -0.39 is 23.3 Å². The van der Waals surface area contributed by atoms with Gasteiger partial charge < -0.3 is 14.8 Å². The third kappa shape index (κ3) is 2.50. The fraction of sp³-hybridized carbons (Fsp3) is 0.857. The van der Waals surface area contributed by atoms with E-state index in [0.717, 1.165) is 19.3 Å². The van der Waals surface area contributed by atoms with Crippen LogP contribution < -0.4 is 5.32 Å². The molecule has 1 aliphatic carbocycles. The number of nitrogens with one attached hydrogen (secondary N) is 1. The lowest BCUT2D eigenvalue weighted by Gasteiger charge is -2.44. The maximum atomic E-state index is 12.1. The van der Waals surface area contributed by atoms with Gasteiger partial charge in [0.2, 0.25) is 0 Å². The van der Waals surface area contributed by atoms with Gasteiger partial charge in [-0.2, -0.15) is 0 Å². The van der Waals surface area contributed by atoms with Crippen molar-refractivity contribution in [1.29, 1.82) is 0 Å². The van der Waals surface area contributed by atoms with E-state index in [9.17, 15) is 9.59 Å². The molecule has 0 amide bonds. The van der Waals surface area contributed by atoms with Crippen molar-refractivity contribution in [3.63, 3.8) is 0 Å². The highest BCUT2D eigenvalue weighted by Gasteiger charge is 2.70. The third-order valence-electron chi connectivity index (χ3n) is 5.15. The molecular formula is C14H20B2NO4. The number of carbonyl (C=O) groups excluding carboxylic acids is 2. The Morgan fingerprint density at radius 3 is 2.95 bits per heavy atom.